The minimum absolute atomic E-state index is 0.284. The summed E-state index contributed by atoms with van der Waals surface area (Å²) in [5.74, 6) is 1.09. The van der Waals surface area contributed by atoms with Gasteiger partial charge < -0.3 is 5.32 Å². The van der Waals surface area contributed by atoms with Crippen molar-refractivity contribution in [1.29, 1.82) is 0 Å². The SMILES string of the molecule is CCc1nn2c(c1Br)NCCC2c1cnn(C)c1. The maximum atomic E-state index is 4.71. The van der Waals surface area contributed by atoms with E-state index in [1.807, 2.05) is 17.9 Å². The van der Waals surface area contributed by atoms with Crippen LogP contribution in [0.5, 0.6) is 0 Å². The summed E-state index contributed by atoms with van der Waals surface area (Å²) in [6, 6.07) is 0.284. The zero-order valence-electron chi connectivity index (χ0n) is 10.5. The number of halogens is 1. The minimum Gasteiger partial charge on any atom is -0.369 e. The van der Waals surface area contributed by atoms with Crippen LogP contribution in [0.15, 0.2) is 16.9 Å². The average Bonchev–Trinajstić information content (AvgIpc) is 2.94. The molecule has 1 atom stereocenters. The van der Waals surface area contributed by atoms with Gasteiger partial charge in [-0.05, 0) is 28.8 Å². The topological polar surface area (TPSA) is 47.7 Å². The Morgan fingerprint density at radius 2 is 2.39 bits per heavy atom. The molecule has 1 unspecified atom stereocenters. The fourth-order valence-corrected chi connectivity index (χ4v) is 3.12. The van der Waals surface area contributed by atoms with Gasteiger partial charge in [0.15, 0.2) is 0 Å². The second kappa shape index (κ2) is 4.42. The molecule has 0 saturated heterocycles. The van der Waals surface area contributed by atoms with Gasteiger partial charge >= 0.3 is 0 Å². The van der Waals surface area contributed by atoms with Crippen molar-refractivity contribution in [2.75, 3.05) is 11.9 Å². The molecule has 0 fully saturated rings. The standard InChI is InChI=1S/C12H16BrN5/c1-3-9-11(13)12-14-5-4-10(18(12)16-9)8-6-15-17(2)7-8/h6-7,10,14H,3-5H2,1-2H3. The lowest BCUT2D eigenvalue weighted by Gasteiger charge is -2.25. The Bertz CT molecular complexity index is 571. The first-order chi connectivity index (χ1) is 8.70. The van der Waals surface area contributed by atoms with Crippen molar-refractivity contribution in [3.8, 4) is 0 Å². The Morgan fingerprint density at radius 3 is 3.06 bits per heavy atom. The normalized spacial score (nSPS) is 18.5. The number of fused-ring (bicyclic) bond motifs is 1. The van der Waals surface area contributed by atoms with Gasteiger partial charge in [-0.2, -0.15) is 10.2 Å². The highest BCUT2D eigenvalue weighted by atomic mass is 79.9. The molecule has 0 amide bonds. The third-order valence-electron chi connectivity index (χ3n) is 3.37. The molecule has 0 bridgehead atoms. The molecule has 0 aromatic carbocycles. The number of anilines is 1. The number of nitrogens with zero attached hydrogens (tertiary/aromatic N) is 4. The number of aryl methyl sites for hydroxylation is 2. The molecule has 3 rings (SSSR count). The molecular formula is C12H16BrN5. The molecule has 0 spiro atoms. The van der Waals surface area contributed by atoms with E-state index in [0.717, 1.165) is 35.4 Å². The van der Waals surface area contributed by atoms with Gasteiger partial charge in [0.05, 0.1) is 22.4 Å². The van der Waals surface area contributed by atoms with Crippen LogP contribution in [0.3, 0.4) is 0 Å². The summed E-state index contributed by atoms with van der Waals surface area (Å²) in [6.07, 6.45) is 5.97. The second-order valence-corrected chi connectivity index (χ2v) is 5.38. The molecule has 18 heavy (non-hydrogen) atoms. The van der Waals surface area contributed by atoms with Crippen molar-refractivity contribution in [1.82, 2.24) is 19.6 Å². The third-order valence-corrected chi connectivity index (χ3v) is 4.20. The van der Waals surface area contributed by atoms with E-state index >= 15 is 0 Å². The lowest BCUT2D eigenvalue weighted by atomic mass is 10.1. The Kier molecular flexibility index (Phi) is 2.89. The van der Waals surface area contributed by atoms with Crippen LogP contribution in [0.1, 0.15) is 30.6 Å². The molecule has 5 nitrogen and oxygen atoms in total. The van der Waals surface area contributed by atoms with Crippen molar-refractivity contribution in [3.63, 3.8) is 0 Å². The van der Waals surface area contributed by atoms with Crippen LogP contribution < -0.4 is 5.32 Å². The molecule has 96 valence electrons. The monoisotopic (exact) mass is 309 g/mol. The molecule has 2 aromatic heterocycles. The van der Waals surface area contributed by atoms with Gasteiger partial charge in [0, 0.05) is 25.4 Å². The molecule has 0 saturated carbocycles. The quantitative estimate of drug-likeness (QED) is 0.926. The van der Waals surface area contributed by atoms with Crippen molar-refractivity contribution in [2.45, 2.75) is 25.8 Å². The number of rotatable bonds is 2. The predicted octanol–water partition coefficient (Wildman–Crippen LogP) is 2.35. The zero-order chi connectivity index (χ0) is 12.7. The highest BCUT2D eigenvalue weighted by Crippen LogP contribution is 2.35. The highest BCUT2D eigenvalue weighted by Gasteiger charge is 2.26. The van der Waals surface area contributed by atoms with E-state index < -0.39 is 0 Å². The van der Waals surface area contributed by atoms with E-state index in [1.54, 1.807) is 0 Å². The van der Waals surface area contributed by atoms with Crippen molar-refractivity contribution in [3.05, 3.63) is 28.1 Å². The average molecular weight is 310 g/mol. The Labute approximate surface area is 114 Å². The Hall–Kier alpha value is -1.30. The Morgan fingerprint density at radius 1 is 1.56 bits per heavy atom. The summed E-state index contributed by atoms with van der Waals surface area (Å²) >= 11 is 3.64. The van der Waals surface area contributed by atoms with Crippen LogP contribution in [0.2, 0.25) is 0 Å². The summed E-state index contributed by atoms with van der Waals surface area (Å²) < 4.78 is 5.03. The van der Waals surface area contributed by atoms with Crippen molar-refractivity contribution in [2.24, 2.45) is 7.05 Å². The van der Waals surface area contributed by atoms with E-state index in [1.165, 1.54) is 5.56 Å². The largest absolute Gasteiger partial charge is 0.369 e. The molecule has 1 aliphatic rings. The number of aromatic nitrogens is 4. The van der Waals surface area contributed by atoms with E-state index in [9.17, 15) is 0 Å². The fourth-order valence-electron chi connectivity index (χ4n) is 2.44. The van der Waals surface area contributed by atoms with Gasteiger partial charge in [-0.15, -0.1) is 0 Å². The number of hydrogen-bond donors (Lipinski definition) is 1. The van der Waals surface area contributed by atoms with E-state index in [4.69, 9.17) is 5.10 Å². The van der Waals surface area contributed by atoms with E-state index in [0.29, 0.717) is 0 Å². The van der Waals surface area contributed by atoms with Crippen molar-refractivity contribution < 1.29 is 0 Å². The van der Waals surface area contributed by atoms with Gasteiger partial charge in [0.25, 0.3) is 0 Å². The molecule has 0 aliphatic carbocycles. The zero-order valence-corrected chi connectivity index (χ0v) is 12.1. The van der Waals surface area contributed by atoms with E-state index in [-0.39, 0.29) is 6.04 Å². The van der Waals surface area contributed by atoms with Gasteiger partial charge in [0.1, 0.15) is 5.82 Å². The van der Waals surface area contributed by atoms with E-state index in [2.05, 4.69) is 44.1 Å². The van der Waals surface area contributed by atoms with Crippen LogP contribution in [0, 0.1) is 0 Å². The maximum absolute atomic E-state index is 4.71. The lowest BCUT2D eigenvalue weighted by Crippen LogP contribution is -2.24. The second-order valence-electron chi connectivity index (χ2n) is 4.59. The van der Waals surface area contributed by atoms with Crippen LogP contribution >= 0.6 is 15.9 Å². The Balaban J connectivity index is 2.06. The van der Waals surface area contributed by atoms with Gasteiger partial charge in [-0.3, -0.25) is 4.68 Å². The first kappa shape index (κ1) is 11.8. The summed E-state index contributed by atoms with van der Waals surface area (Å²) in [5.41, 5.74) is 2.33. The molecule has 1 aliphatic heterocycles. The summed E-state index contributed by atoms with van der Waals surface area (Å²) in [5, 5.41) is 12.4. The number of hydrogen-bond acceptors (Lipinski definition) is 3. The van der Waals surface area contributed by atoms with Crippen LogP contribution in [-0.4, -0.2) is 26.1 Å². The maximum Gasteiger partial charge on any atom is 0.139 e. The molecule has 6 heteroatoms. The summed E-state index contributed by atoms with van der Waals surface area (Å²) in [7, 11) is 1.95. The molecule has 0 radical (unpaired) electrons. The summed E-state index contributed by atoms with van der Waals surface area (Å²) in [4.78, 5) is 0. The van der Waals surface area contributed by atoms with Gasteiger partial charge in [-0.1, -0.05) is 6.92 Å². The lowest BCUT2D eigenvalue weighted by molar-refractivity contribution is 0.478. The van der Waals surface area contributed by atoms with Crippen molar-refractivity contribution >= 4 is 21.7 Å². The highest BCUT2D eigenvalue weighted by molar-refractivity contribution is 9.10. The predicted molar refractivity (Wildman–Crippen MR) is 73.8 cm³/mol. The van der Waals surface area contributed by atoms with Gasteiger partial charge in [-0.25, -0.2) is 4.68 Å². The summed E-state index contributed by atoms with van der Waals surface area (Å²) in [6.45, 7) is 3.09. The number of nitrogens with one attached hydrogen (secondary N) is 1. The van der Waals surface area contributed by atoms with Crippen LogP contribution in [0.25, 0.3) is 0 Å². The fraction of sp³-hybridized carbons (Fsp3) is 0.500. The van der Waals surface area contributed by atoms with Gasteiger partial charge in [0.2, 0.25) is 0 Å². The molecule has 2 aromatic rings. The third kappa shape index (κ3) is 1.75. The van der Waals surface area contributed by atoms with Crippen LogP contribution in [0.4, 0.5) is 5.82 Å². The molecule has 3 heterocycles. The minimum atomic E-state index is 0.284. The first-order valence-electron chi connectivity index (χ1n) is 6.20. The molecule has 1 N–H and O–H groups in total. The smallest absolute Gasteiger partial charge is 0.139 e. The molecular weight excluding hydrogens is 294 g/mol. The van der Waals surface area contributed by atoms with Crippen LogP contribution in [-0.2, 0) is 13.5 Å². The first-order valence-corrected chi connectivity index (χ1v) is 6.99.